The molecule has 0 saturated carbocycles. The SMILES string of the molecule is Oc1ccc(N=Nc2cc(Cl)ccc2O)c(O)c1.[Cu]. The summed E-state index contributed by atoms with van der Waals surface area (Å²) in [4.78, 5) is 0. The Bertz CT molecular complexity index is 620. The molecule has 5 nitrogen and oxygen atoms in total. The van der Waals surface area contributed by atoms with Gasteiger partial charge in [0.2, 0.25) is 0 Å². The van der Waals surface area contributed by atoms with Crippen molar-refractivity contribution in [1.82, 2.24) is 0 Å². The zero-order chi connectivity index (χ0) is 13.1. The molecule has 0 atom stereocenters. The third-order valence-electron chi connectivity index (χ3n) is 2.16. The molecule has 0 heterocycles. The van der Waals surface area contributed by atoms with Crippen LogP contribution in [0.3, 0.4) is 0 Å². The van der Waals surface area contributed by atoms with Gasteiger partial charge in [-0.3, -0.25) is 0 Å². The number of aromatic hydroxyl groups is 3. The van der Waals surface area contributed by atoms with Gasteiger partial charge in [-0.1, -0.05) is 11.6 Å². The monoisotopic (exact) mass is 327 g/mol. The average molecular weight is 328 g/mol. The molecular formula is C12H9ClCuN2O3. The maximum atomic E-state index is 9.51. The van der Waals surface area contributed by atoms with Crippen LogP contribution in [0.5, 0.6) is 17.2 Å². The van der Waals surface area contributed by atoms with Gasteiger partial charge in [0, 0.05) is 28.2 Å². The van der Waals surface area contributed by atoms with Crippen molar-refractivity contribution in [2.24, 2.45) is 10.2 Å². The first-order valence-electron chi connectivity index (χ1n) is 4.98. The predicted molar refractivity (Wildman–Crippen MR) is 67.1 cm³/mol. The van der Waals surface area contributed by atoms with Crippen LogP contribution in [0, 0.1) is 0 Å². The second-order valence-corrected chi connectivity index (χ2v) is 3.94. The van der Waals surface area contributed by atoms with Crippen LogP contribution in [-0.4, -0.2) is 15.3 Å². The summed E-state index contributed by atoms with van der Waals surface area (Å²) in [7, 11) is 0. The van der Waals surface area contributed by atoms with Gasteiger partial charge < -0.3 is 15.3 Å². The predicted octanol–water partition coefficient (Wildman–Crippen LogP) is 3.87. The molecule has 0 aliphatic heterocycles. The third kappa shape index (κ3) is 3.86. The Balaban J connectivity index is 0.00000180. The van der Waals surface area contributed by atoms with Crippen molar-refractivity contribution in [3.8, 4) is 17.2 Å². The van der Waals surface area contributed by atoms with Gasteiger partial charge in [-0.2, -0.15) is 0 Å². The first kappa shape index (κ1) is 15.3. The molecule has 7 heteroatoms. The molecule has 0 bridgehead atoms. The van der Waals surface area contributed by atoms with Crippen LogP contribution in [0.15, 0.2) is 46.6 Å². The molecule has 0 aromatic heterocycles. The van der Waals surface area contributed by atoms with Crippen LogP contribution in [0.2, 0.25) is 5.02 Å². The van der Waals surface area contributed by atoms with Crippen LogP contribution in [-0.2, 0) is 17.1 Å². The normalized spacial score (nSPS) is 10.4. The summed E-state index contributed by atoms with van der Waals surface area (Å²) >= 11 is 5.76. The summed E-state index contributed by atoms with van der Waals surface area (Å²) in [6, 6.07) is 8.27. The molecule has 19 heavy (non-hydrogen) atoms. The van der Waals surface area contributed by atoms with Crippen molar-refractivity contribution in [3.63, 3.8) is 0 Å². The molecule has 2 aromatic carbocycles. The molecule has 0 unspecified atom stereocenters. The van der Waals surface area contributed by atoms with Gasteiger partial charge in [-0.15, -0.1) is 10.2 Å². The Labute approximate surface area is 124 Å². The Morgan fingerprint density at radius 1 is 0.789 bits per heavy atom. The van der Waals surface area contributed by atoms with E-state index < -0.39 is 0 Å². The zero-order valence-electron chi connectivity index (χ0n) is 9.38. The Kier molecular flexibility index (Phi) is 5.18. The Morgan fingerprint density at radius 3 is 2.16 bits per heavy atom. The van der Waals surface area contributed by atoms with Crippen LogP contribution in [0.4, 0.5) is 11.4 Å². The third-order valence-corrected chi connectivity index (χ3v) is 2.40. The first-order valence-corrected chi connectivity index (χ1v) is 5.36. The fourth-order valence-electron chi connectivity index (χ4n) is 1.28. The number of halogens is 1. The molecule has 2 rings (SSSR count). The molecule has 2 aromatic rings. The van der Waals surface area contributed by atoms with Gasteiger partial charge in [-0.05, 0) is 30.3 Å². The van der Waals surface area contributed by atoms with Crippen LogP contribution < -0.4 is 0 Å². The number of benzene rings is 2. The molecular weight excluding hydrogens is 319 g/mol. The van der Waals surface area contributed by atoms with Gasteiger partial charge in [0.25, 0.3) is 0 Å². The van der Waals surface area contributed by atoms with E-state index in [9.17, 15) is 10.2 Å². The number of phenols is 3. The summed E-state index contributed by atoms with van der Waals surface area (Å²) in [5.74, 6) is -0.348. The Morgan fingerprint density at radius 2 is 1.47 bits per heavy atom. The van der Waals surface area contributed by atoms with Crippen LogP contribution in [0.1, 0.15) is 0 Å². The number of azo groups is 1. The summed E-state index contributed by atoms with van der Waals surface area (Å²) < 4.78 is 0. The van der Waals surface area contributed by atoms with Gasteiger partial charge in [0.1, 0.15) is 28.6 Å². The van der Waals surface area contributed by atoms with Crippen molar-refractivity contribution in [3.05, 3.63) is 41.4 Å². The molecule has 3 N–H and O–H groups in total. The molecule has 1 radical (unpaired) electrons. The zero-order valence-corrected chi connectivity index (χ0v) is 11.1. The van der Waals surface area contributed by atoms with Gasteiger partial charge >= 0.3 is 0 Å². The Hall–Kier alpha value is -1.75. The summed E-state index contributed by atoms with van der Waals surface area (Å²) in [6.07, 6.45) is 0. The number of hydrogen-bond donors (Lipinski definition) is 3. The fraction of sp³-hybridized carbons (Fsp3) is 0. The van der Waals surface area contributed by atoms with Crippen molar-refractivity contribution in [1.29, 1.82) is 0 Å². The number of rotatable bonds is 2. The van der Waals surface area contributed by atoms with E-state index in [0.717, 1.165) is 6.07 Å². The minimum absolute atomic E-state index is 0. The second kappa shape index (κ2) is 6.43. The van der Waals surface area contributed by atoms with Crippen molar-refractivity contribution in [2.75, 3.05) is 0 Å². The number of phenolic OH excluding ortho intramolecular Hbond substituents is 3. The fourth-order valence-corrected chi connectivity index (χ4v) is 1.45. The molecule has 0 amide bonds. The molecule has 103 valence electrons. The minimum Gasteiger partial charge on any atom is -0.508 e. The maximum Gasteiger partial charge on any atom is 0.146 e. The maximum absolute atomic E-state index is 9.51. The topological polar surface area (TPSA) is 85.4 Å². The minimum atomic E-state index is -0.208. The van der Waals surface area contributed by atoms with Crippen molar-refractivity contribution < 1.29 is 32.4 Å². The average Bonchev–Trinajstić information content (AvgIpc) is 2.32. The van der Waals surface area contributed by atoms with Crippen molar-refractivity contribution >= 4 is 23.0 Å². The van der Waals surface area contributed by atoms with Crippen LogP contribution in [0.25, 0.3) is 0 Å². The molecule has 0 fully saturated rings. The van der Waals surface area contributed by atoms with E-state index in [1.165, 1.54) is 30.3 Å². The van der Waals surface area contributed by atoms with E-state index in [0.29, 0.717) is 5.02 Å². The summed E-state index contributed by atoms with van der Waals surface area (Å²) in [5.41, 5.74) is 0.363. The van der Waals surface area contributed by atoms with Gasteiger partial charge in [0.05, 0.1) is 0 Å². The van der Waals surface area contributed by atoms with E-state index >= 15 is 0 Å². The smallest absolute Gasteiger partial charge is 0.146 e. The van der Waals surface area contributed by atoms with E-state index in [-0.39, 0.29) is 45.7 Å². The van der Waals surface area contributed by atoms with E-state index in [2.05, 4.69) is 10.2 Å². The molecule has 0 aliphatic rings. The standard InChI is InChI=1S/C12H9ClN2O3.Cu/c13-7-1-4-11(17)10(5-7)15-14-9-3-2-8(16)6-12(9)18;/h1-6,16-18H;. The molecule has 0 spiro atoms. The number of nitrogens with zero attached hydrogens (tertiary/aromatic N) is 2. The molecule has 0 saturated heterocycles. The van der Waals surface area contributed by atoms with Gasteiger partial charge in [-0.25, -0.2) is 0 Å². The van der Waals surface area contributed by atoms with E-state index in [1.807, 2.05) is 0 Å². The van der Waals surface area contributed by atoms with Crippen LogP contribution >= 0.6 is 11.6 Å². The summed E-state index contributed by atoms with van der Waals surface area (Å²) in [6.45, 7) is 0. The van der Waals surface area contributed by atoms with E-state index in [4.69, 9.17) is 16.7 Å². The van der Waals surface area contributed by atoms with Gasteiger partial charge in [0.15, 0.2) is 0 Å². The summed E-state index contributed by atoms with van der Waals surface area (Å²) in [5, 5.41) is 36.1. The first-order chi connectivity index (χ1) is 8.56. The van der Waals surface area contributed by atoms with Crippen molar-refractivity contribution in [2.45, 2.75) is 0 Å². The van der Waals surface area contributed by atoms with E-state index in [1.54, 1.807) is 0 Å². The largest absolute Gasteiger partial charge is 0.508 e. The quantitative estimate of drug-likeness (QED) is 0.578. The number of hydrogen-bond acceptors (Lipinski definition) is 5. The second-order valence-electron chi connectivity index (χ2n) is 3.51. The molecule has 0 aliphatic carbocycles.